The molecule has 1 fully saturated rings. The van der Waals surface area contributed by atoms with Gasteiger partial charge in [-0.1, -0.05) is 34.6 Å². The smallest absolute Gasteiger partial charge is 0.0700 e. The Labute approximate surface area is 90.4 Å². The maximum Gasteiger partial charge on any atom is 0.0700 e. The number of ether oxygens (including phenoxy) is 1. The fourth-order valence-electron chi connectivity index (χ4n) is 1.25. The van der Waals surface area contributed by atoms with Gasteiger partial charge in [0.25, 0.3) is 0 Å². The summed E-state index contributed by atoms with van der Waals surface area (Å²) in [5.41, 5.74) is 0. The van der Waals surface area contributed by atoms with Crippen molar-refractivity contribution >= 4 is 0 Å². The van der Waals surface area contributed by atoms with Crippen LogP contribution in [-0.2, 0) is 4.74 Å². The zero-order valence-electron chi connectivity index (χ0n) is 10.7. The molecule has 1 rings (SSSR count). The topological polar surface area (TPSA) is 21.3 Å². The van der Waals surface area contributed by atoms with E-state index in [0.717, 1.165) is 19.7 Å². The molecule has 2 nitrogen and oxygen atoms in total. The van der Waals surface area contributed by atoms with Gasteiger partial charge in [0.1, 0.15) is 0 Å². The van der Waals surface area contributed by atoms with Crippen molar-refractivity contribution < 1.29 is 4.74 Å². The van der Waals surface area contributed by atoms with Gasteiger partial charge in [0.15, 0.2) is 0 Å². The Hall–Kier alpha value is -0.0800. The molecule has 0 saturated carbocycles. The van der Waals surface area contributed by atoms with Crippen LogP contribution in [0.5, 0.6) is 0 Å². The van der Waals surface area contributed by atoms with Crippen LogP contribution in [0.3, 0.4) is 0 Å². The van der Waals surface area contributed by atoms with Crippen molar-refractivity contribution in [2.75, 3.05) is 19.7 Å². The van der Waals surface area contributed by atoms with E-state index in [1.54, 1.807) is 0 Å². The maximum absolute atomic E-state index is 5.44. The minimum atomic E-state index is 0.506. The summed E-state index contributed by atoms with van der Waals surface area (Å²) in [6.45, 7) is 13.3. The van der Waals surface area contributed by atoms with E-state index in [0.29, 0.717) is 6.10 Å². The Bertz CT molecular complexity index is 80.4. The van der Waals surface area contributed by atoms with Gasteiger partial charge in [-0.05, 0) is 25.8 Å². The van der Waals surface area contributed by atoms with Crippen LogP contribution < -0.4 is 5.32 Å². The lowest BCUT2D eigenvalue weighted by atomic mass is 10.2. The van der Waals surface area contributed by atoms with Crippen LogP contribution in [0.4, 0.5) is 0 Å². The van der Waals surface area contributed by atoms with Crippen molar-refractivity contribution in [2.45, 2.75) is 60.0 Å². The van der Waals surface area contributed by atoms with Gasteiger partial charge in [0.05, 0.1) is 6.10 Å². The lowest BCUT2D eigenvalue weighted by Crippen LogP contribution is -2.26. The fourth-order valence-corrected chi connectivity index (χ4v) is 1.25. The molecular formula is C12H29NO. The largest absolute Gasteiger partial charge is 0.377 e. The van der Waals surface area contributed by atoms with Crippen LogP contribution in [-0.4, -0.2) is 25.8 Å². The first-order valence-electron chi connectivity index (χ1n) is 6.26. The van der Waals surface area contributed by atoms with Crippen molar-refractivity contribution in [2.24, 2.45) is 0 Å². The molecule has 0 spiro atoms. The van der Waals surface area contributed by atoms with Crippen molar-refractivity contribution in [3.8, 4) is 0 Å². The fraction of sp³-hybridized carbons (Fsp3) is 1.00. The summed E-state index contributed by atoms with van der Waals surface area (Å²) < 4.78 is 5.44. The van der Waals surface area contributed by atoms with Crippen LogP contribution in [0, 0.1) is 0 Å². The highest BCUT2D eigenvalue weighted by Crippen LogP contribution is 2.10. The average Bonchev–Trinajstić information content (AvgIpc) is 2.77. The summed E-state index contributed by atoms with van der Waals surface area (Å²) >= 11 is 0. The summed E-state index contributed by atoms with van der Waals surface area (Å²) in [5.74, 6) is 0. The van der Waals surface area contributed by atoms with E-state index in [9.17, 15) is 0 Å². The van der Waals surface area contributed by atoms with E-state index in [1.165, 1.54) is 19.3 Å². The third kappa shape index (κ3) is 10.0. The van der Waals surface area contributed by atoms with Crippen LogP contribution in [0.25, 0.3) is 0 Å². The first kappa shape index (κ1) is 16.4. The molecule has 0 bridgehead atoms. The molecule has 0 unspecified atom stereocenters. The third-order valence-corrected chi connectivity index (χ3v) is 1.82. The van der Waals surface area contributed by atoms with Crippen molar-refractivity contribution in [3.63, 3.8) is 0 Å². The molecule has 0 radical (unpaired) electrons. The molecule has 1 saturated heterocycles. The van der Waals surface area contributed by atoms with Gasteiger partial charge < -0.3 is 10.1 Å². The lowest BCUT2D eigenvalue weighted by Gasteiger charge is -2.08. The van der Waals surface area contributed by atoms with E-state index in [1.807, 2.05) is 27.7 Å². The second kappa shape index (κ2) is 15.4. The molecule has 0 aliphatic carbocycles. The molecule has 14 heavy (non-hydrogen) atoms. The molecule has 1 N–H and O–H groups in total. The molecule has 0 aromatic rings. The standard InChI is InChI=1S/C8H17NO.2C2H6/c1-2-5-9-7-8-4-3-6-10-8;2*1-2/h8-9H,2-7H2,1H3;2*1-2H3/t8-;;/m1../s1. The first-order chi connectivity index (χ1) is 6.93. The molecule has 1 aliphatic rings. The summed E-state index contributed by atoms with van der Waals surface area (Å²) in [6, 6.07) is 0. The van der Waals surface area contributed by atoms with Crippen molar-refractivity contribution in [1.29, 1.82) is 0 Å². The third-order valence-electron chi connectivity index (χ3n) is 1.82. The zero-order chi connectivity index (χ0) is 11.2. The van der Waals surface area contributed by atoms with Gasteiger partial charge in [0, 0.05) is 13.2 Å². The number of rotatable bonds is 4. The van der Waals surface area contributed by atoms with Gasteiger partial charge in [0.2, 0.25) is 0 Å². The molecule has 0 aromatic heterocycles. The Morgan fingerprint density at radius 3 is 2.29 bits per heavy atom. The number of hydrogen-bond acceptors (Lipinski definition) is 2. The van der Waals surface area contributed by atoms with E-state index in [2.05, 4.69) is 12.2 Å². The molecule has 1 atom stereocenters. The van der Waals surface area contributed by atoms with Gasteiger partial charge in [-0.3, -0.25) is 0 Å². The highest BCUT2D eigenvalue weighted by Gasteiger charge is 2.13. The molecule has 1 aliphatic heterocycles. The Morgan fingerprint density at radius 2 is 1.86 bits per heavy atom. The minimum absolute atomic E-state index is 0.506. The van der Waals surface area contributed by atoms with Crippen LogP contribution >= 0.6 is 0 Å². The maximum atomic E-state index is 5.44. The normalized spacial score (nSPS) is 19.1. The van der Waals surface area contributed by atoms with Gasteiger partial charge in [-0.25, -0.2) is 0 Å². The Morgan fingerprint density at radius 1 is 1.21 bits per heavy atom. The van der Waals surface area contributed by atoms with E-state index in [-0.39, 0.29) is 0 Å². The Balaban J connectivity index is 0. The SMILES string of the molecule is CC.CC.CCCNC[C@H]1CCCO1. The molecule has 2 heteroatoms. The predicted molar refractivity (Wildman–Crippen MR) is 64.8 cm³/mol. The van der Waals surface area contributed by atoms with E-state index < -0.39 is 0 Å². The summed E-state index contributed by atoms with van der Waals surface area (Å²) in [6.07, 6.45) is 4.22. The van der Waals surface area contributed by atoms with Gasteiger partial charge in [-0.15, -0.1) is 0 Å². The zero-order valence-corrected chi connectivity index (χ0v) is 10.7. The first-order valence-corrected chi connectivity index (χ1v) is 6.26. The average molecular weight is 203 g/mol. The monoisotopic (exact) mass is 203 g/mol. The second-order valence-corrected chi connectivity index (χ2v) is 2.84. The van der Waals surface area contributed by atoms with Crippen molar-refractivity contribution in [1.82, 2.24) is 5.32 Å². The number of hydrogen-bond donors (Lipinski definition) is 1. The van der Waals surface area contributed by atoms with E-state index >= 15 is 0 Å². The predicted octanol–water partition coefficient (Wildman–Crippen LogP) is 3.22. The van der Waals surface area contributed by atoms with Gasteiger partial charge >= 0.3 is 0 Å². The molecular weight excluding hydrogens is 174 g/mol. The van der Waals surface area contributed by atoms with E-state index in [4.69, 9.17) is 4.74 Å². The Kier molecular flexibility index (Phi) is 18.0. The quantitative estimate of drug-likeness (QED) is 0.708. The van der Waals surface area contributed by atoms with Crippen LogP contribution in [0.15, 0.2) is 0 Å². The molecule has 88 valence electrons. The second-order valence-electron chi connectivity index (χ2n) is 2.84. The summed E-state index contributed by atoms with van der Waals surface area (Å²) in [5, 5.41) is 3.35. The van der Waals surface area contributed by atoms with Crippen LogP contribution in [0.2, 0.25) is 0 Å². The molecule has 1 heterocycles. The summed E-state index contributed by atoms with van der Waals surface area (Å²) in [7, 11) is 0. The number of nitrogens with one attached hydrogen (secondary N) is 1. The van der Waals surface area contributed by atoms with Gasteiger partial charge in [-0.2, -0.15) is 0 Å². The lowest BCUT2D eigenvalue weighted by molar-refractivity contribution is 0.110. The highest BCUT2D eigenvalue weighted by atomic mass is 16.5. The van der Waals surface area contributed by atoms with Crippen LogP contribution in [0.1, 0.15) is 53.9 Å². The minimum Gasteiger partial charge on any atom is -0.377 e. The molecule has 0 amide bonds. The van der Waals surface area contributed by atoms with Crippen molar-refractivity contribution in [3.05, 3.63) is 0 Å². The summed E-state index contributed by atoms with van der Waals surface area (Å²) in [4.78, 5) is 0. The highest BCUT2D eigenvalue weighted by molar-refractivity contribution is 4.66. The molecule has 0 aromatic carbocycles.